The Morgan fingerprint density at radius 3 is 2.33 bits per heavy atom. The van der Waals surface area contributed by atoms with Crippen LogP contribution in [0.25, 0.3) is 0 Å². The Bertz CT molecular complexity index is 484. The van der Waals surface area contributed by atoms with Crippen LogP contribution in [0.1, 0.15) is 23.2 Å². The van der Waals surface area contributed by atoms with Crippen molar-refractivity contribution < 1.29 is 18.7 Å². The fraction of sp³-hybridized carbons (Fsp3) is 0.467. The van der Waals surface area contributed by atoms with E-state index in [9.17, 15) is 14.0 Å². The lowest BCUT2D eigenvalue weighted by atomic mass is 9.96. The van der Waals surface area contributed by atoms with Crippen LogP contribution in [0.15, 0.2) is 24.3 Å². The summed E-state index contributed by atoms with van der Waals surface area (Å²) in [6.45, 7) is 1.71. The third kappa shape index (κ3) is 4.79. The van der Waals surface area contributed by atoms with E-state index in [0.717, 1.165) is 0 Å². The van der Waals surface area contributed by atoms with Crippen LogP contribution in [0.5, 0.6) is 0 Å². The Morgan fingerprint density at radius 1 is 1.24 bits per heavy atom. The number of hydrogen-bond acceptors (Lipinski definition) is 4. The number of ketones is 1. The largest absolute Gasteiger partial charge is 0.469 e. The monoisotopic (exact) mass is 315 g/mol. The van der Waals surface area contributed by atoms with E-state index in [1.165, 1.54) is 31.4 Å². The molecule has 116 valence electrons. The molecule has 0 aliphatic carbocycles. The van der Waals surface area contributed by atoms with E-state index in [0.29, 0.717) is 38.0 Å². The van der Waals surface area contributed by atoms with E-state index < -0.39 is 0 Å². The average Bonchev–Trinajstić information content (AvgIpc) is 2.48. The molecule has 0 saturated carbocycles. The van der Waals surface area contributed by atoms with Gasteiger partial charge in [0.1, 0.15) is 5.82 Å². The first-order chi connectivity index (χ1) is 9.60. The summed E-state index contributed by atoms with van der Waals surface area (Å²) < 4.78 is 17.5. The van der Waals surface area contributed by atoms with Gasteiger partial charge >= 0.3 is 5.97 Å². The first-order valence-electron chi connectivity index (χ1n) is 6.69. The lowest BCUT2D eigenvalue weighted by molar-refractivity contribution is -0.146. The summed E-state index contributed by atoms with van der Waals surface area (Å²) in [5.41, 5.74) is 0.515. The molecule has 0 bridgehead atoms. The summed E-state index contributed by atoms with van der Waals surface area (Å²) in [6, 6.07) is 5.57. The van der Waals surface area contributed by atoms with E-state index in [4.69, 9.17) is 4.74 Å². The van der Waals surface area contributed by atoms with Crippen molar-refractivity contribution in [1.29, 1.82) is 0 Å². The van der Waals surface area contributed by atoms with E-state index in [1.54, 1.807) is 0 Å². The molecule has 0 unspecified atom stereocenters. The number of benzene rings is 1. The number of halogens is 2. The lowest BCUT2D eigenvalue weighted by Crippen LogP contribution is -2.39. The van der Waals surface area contributed by atoms with Gasteiger partial charge in [0.15, 0.2) is 5.78 Å². The molecule has 4 nitrogen and oxygen atoms in total. The van der Waals surface area contributed by atoms with E-state index in [-0.39, 0.29) is 35.9 Å². The number of Topliss-reactive ketones (excluding diaryl/α,β-unsaturated/α-hetero) is 1. The standard InChI is InChI=1S/C15H18FNO3.ClH/c1-20-15(19)12-6-8-17(9-7-12)10-14(18)11-2-4-13(16)5-3-11;/h2-5,12H,6-10H2,1H3;1H. The fourth-order valence-corrected chi connectivity index (χ4v) is 2.42. The molecule has 1 aliphatic rings. The van der Waals surface area contributed by atoms with Gasteiger partial charge in [-0.1, -0.05) is 0 Å². The zero-order valence-corrected chi connectivity index (χ0v) is 12.7. The number of hydrogen-bond donors (Lipinski definition) is 0. The number of rotatable bonds is 4. The van der Waals surface area contributed by atoms with Gasteiger partial charge in [0.05, 0.1) is 19.6 Å². The number of carbonyl (C=O) groups is 2. The summed E-state index contributed by atoms with van der Waals surface area (Å²) in [7, 11) is 1.40. The lowest BCUT2D eigenvalue weighted by Gasteiger charge is -2.29. The molecule has 0 aromatic heterocycles. The molecule has 1 aromatic rings. The van der Waals surface area contributed by atoms with Gasteiger partial charge in [-0.25, -0.2) is 4.39 Å². The summed E-state index contributed by atoms with van der Waals surface area (Å²) in [5, 5.41) is 0. The van der Waals surface area contributed by atoms with Gasteiger partial charge in [0.2, 0.25) is 0 Å². The van der Waals surface area contributed by atoms with Crippen molar-refractivity contribution in [2.45, 2.75) is 12.8 Å². The SMILES string of the molecule is COC(=O)C1CCN(CC(=O)c2ccc(F)cc2)CC1.Cl. The second-order valence-corrected chi connectivity index (χ2v) is 5.00. The summed E-state index contributed by atoms with van der Waals surface area (Å²) in [6.07, 6.45) is 1.42. The summed E-state index contributed by atoms with van der Waals surface area (Å²) in [5.74, 6) is -0.603. The minimum Gasteiger partial charge on any atom is -0.469 e. The summed E-state index contributed by atoms with van der Waals surface area (Å²) in [4.78, 5) is 25.5. The molecule has 1 heterocycles. The van der Waals surface area contributed by atoms with Gasteiger partial charge in [0, 0.05) is 5.56 Å². The van der Waals surface area contributed by atoms with Crippen molar-refractivity contribution >= 4 is 24.2 Å². The highest BCUT2D eigenvalue weighted by atomic mass is 35.5. The van der Waals surface area contributed by atoms with Crippen molar-refractivity contribution in [3.8, 4) is 0 Å². The van der Waals surface area contributed by atoms with Crippen molar-refractivity contribution in [2.75, 3.05) is 26.7 Å². The van der Waals surface area contributed by atoms with Gasteiger partial charge in [0.25, 0.3) is 0 Å². The minimum atomic E-state index is -0.347. The van der Waals surface area contributed by atoms with Crippen LogP contribution in [0.4, 0.5) is 4.39 Å². The smallest absolute Gasteiger partial charge is 0.308 e. The van der Waals surface area contributed by atoms with E-state index in [1.807, 2.05) is 4.90 Å². The van der Waals surface area contributed by atoms with Gasteiger partial charge in [-0.2, -0.15) is 0 Å². The third-order valence-electron chi connectivity index (χ3n) is 3.66. The van der Waals surface area contributed by atoms with Crippen LogP contribution in [0.3, 0.4) is 0 Å². The molecule has 21 heavy (non-hydrogen) atoms. The number of carbonyl (C=O) groups excluding carboxylic acids is 2. The van der Waals surface area contributed by atoms with Crippen molar-refractivity contribution in [1.82, 2.24) is 4.90 Å². The number of ether oxygens (including phenoxy) is 1. The van der Waals surface area contributed by atoms with Crippen LogP contribution in [-0.4, -0.2) is 43.4 Å². The minimum absolute atomic E-state index is 0. The molecule has 0 atom stereocenters. The second kappa shape index (κ2) is 8.10. The van der Waals surface area contributed by atoms with Crippen molar-refractivity contribution in [2.24, 2.45) is 5.92 Å². The highest BCUT2D eigenvalue weighted by Crippen LogP contribution is 2.18. The Labute approximate surface area is 129 Å². The molecular formula is C15H19ClFNO3. The quantitative estimate of drug-likeness (QED) is 0.632. The molecule has 6 heteroatoms. The number of piperidine rings is 1. The zero-order chi connectivity index (χ0) is 14.5. The van der Waals surface area contributed by atoms with Crippen LogP contribution in [0, 0.1) is 11.7 Å². The molecule has 0 radical (unpaired) electrons. The molecular weight excluding hydrogens is 297 g/mol. The maximum atomic E-state index is 12.8. The molecule has 0 amide bonds. The third-order valence-corrected chi connectivity index (χ3v) is 3.66. The number of likely N-dealkylation sites (tertiary alicyclic amines) is 1. The predicted octanol–water partition coefficient (Wildman–Crippen LogP) is 2.32. The Kier molecular flexibility index (Phi) is 6.78. The fourth-order valence-electron chi connectivity index (χ4n) is 2.42. The van der Waals surface area contributed by atoms with Crippen LogP contribution < -0.4 is 0 Å². The number of methoxy groups -OCH3 is 1. The summed E-state index contributed by atoms with van der Waals surface area (Å²) >= 11 is 0. The maximum Gasteiger partial charge on any atom is 0.308 e. The molecule has 1 fully saturated rings. The molecule has 2 rings (SSSR count). The van der Waals surface area contributed by atoms with Crippen LogP contribution in [0.2, 0.25) is 0 Å². The second-order valence-electron chi connectivity index (χ2n) is 5.00. The molecule has 1 aromatic carbocycles. The molecule has 1 saturated heterocycles. The van der Waals surface area contributed by atoms with Crippen LogP contribution >= 0.6 is 12.4 Å². The zero-order valence-electron chi connectivity index (χ0n) is 11.9. The number of esters is 1. The van der Waals surface area contributed by atoms with Crippen LogP contribution in [-0.2, 0) is 9.53 Å². The topological polar surface area (TPSA) is 46.6 Å². The highest BCUT2D eigenvalue weighted by molar-refractivity contribution is 5.97. The van der Waals surface area contributed by atoms with Gasteiger partial charge in [-0.05, 0) is 50.2 Å². The Balaban J connectivity index is 0.00000220. The van der Waals surface area contributed by atoms with Gasteiger partial charge in [-0.3, -0.25) is 14.5 Å². The van der Waals surface area contributed by atoms with E-state index >= 15 is 0 Å². The average molecular weight is 316 g/mol. The Morgan fingerprint density at radius 2 is 1.81 bits per heavy atom. The van der Waals surface area contributed by atoms with Crippen molar-refractivity contribution in [3.63, 3.8) is 0 Å². The predicted molar refractivity (Wildman–Crippen MR) is 79.2 cm³/mol. The molecule has 0 N–H and O–H groups in total. The Hall–Kier alpha value is -1.46. The van der Waals surface area contributed by atoms with Gasteiger partial charge in [-0.15, -0.1) is 12.4 Å². The highest BCUT2D eigenvalue weighted by Gasteiger charge is 2.26. The van der Waals surface area contributed by atoms with E-state index in [2.05, 4.69) is 0 Å². The normalized spacial score (nSPS) is 16.1. The first kappa shape index (κ1) is 17.6. The van der Waals surface area contributed by atoms with Gasteiger partial charge < -0.3 is 4.74 Å². The van der Waals surface area contributed by atoms with Crippen molar-refractivity contribution in [3.05, 3.63) is 35.6 Å². The molecule has 1 aliphatic heterocycles. The first-order valence-corrected chi connectivity index (χ1v) is 6.69. The molecule has 0 spiro atoms. The maximum absolute atomic E-state index is 12.8. The number of nitrogens with zero attached hydrogens (tertiary/aromatic N) is 1.